The summed E-state index contributed by atoms with van der Waals surface area (Å²) >= 11 is 9.20. The zero-order valence-electron chi connectivity index (χ0n) is 20.2. The van der Waals surface area contributed by atoms with Crippen LogP contribution in [0.5, 0.6) is 5.75 Å². The van der Waals surface area contributed by atoms with Crippen LogP contribution in [0.4, 0.5) is 11.4 Å². The van der Waals surface area contributed by atoms with Crippen LogP contribution in [0.2, 0.25) is 5.02 Å². The molecule has 0 spiro atoms. The summed E-state index contributed by atoms with van der Waals surface area (Å²) in [4.78, 5) is 41.0. The molecule has 1 N–H and O–H groups in total. The number of nitro groups is 1. The number of ether oxygens (including phenoxy) is 1. The van der Waals surface area contributed by atoms with E-state index in [1.54, 1.807) is 42.5 Å². The molecule has 1 heterocycles. The van der Waals surface area contributed by atoms with Crippen LogP contribution >= 0.6 is 27.5 Å². The Kier molecular flexibility index (Phi) is 8.18. The van der Waals surface area contributed by atoms with Crippen LogP contribution in [-0.2, 0) is 4.79 Å². The van der Waals surface area contributed by atoms with Crippen molar-refractivity contribution in [2.45, 2.75) is 19.8 Å². The van der Waals surface area contributed by atoms with Gasteiger partial charge in [0.2, 0.25) is 0 Å². The van der Waals surface area contributed by atoms with E-state index >= 15 is 0 Å². The van der Waals surface area contributed by atoms with Gasteiger partial charge in [-0.1, -0.05) is 41.4 Å². The van der Waals surface area contributed by atoms with E-state index in [-0.39, 0.29) is 22.9 Å². The lowest BCUT2D eigenvalue weighted by molar-refractivity contribution is -0.385. The van der Waals surface area contributed by atoms with Crippen molar-refractivity contribution in [2.24, 2.45) is 5.10 Å². The summed E-state index contributed by atoms with van der Waals surface area (Å²) in [7, 11) is 0. The summed E-state index contributed by atoms with van der Waals surface area (Å²) in [6.45, 7) is 3.33. The largest absolute Gasteiger partial charge is 0.477 e. The smallest absolute Gasteiger partial charge is 0.311 e. The van der Waals surface area contributed by atoms with Crippen molar-refractivity contribution in [2.75, 3.05) is 11.9 Å². The first-order valence-electron chi connectivity index (χ1n) is 11.4. The maximum atomic E-state index is 13.2. The zero-order valence-corrected chi connectivity index (χ0v) is 22.6. The molecule has 0 aliphatic rings. The fraction of sp³-hybridized carbons (Fsp3) is 0.154. The predicted molar refractivity (Wildman–Crippen MR) is 149 cm³/mol. The normalized spacial score (nSPS) is 11.3. The van der Waals surface area contributed by atoms with Crippen molar-refractivity contribution < 1.29 is 14.5 Å². The van der Waals surface area contributed by atoms with Gasteiger partial charge in [-0.05, 0) is 54.6 Å². The van der Waals surface area contributed by atoms with E-state index in [1.807, 2.05) is 13.8 Å². The predicted octanol–water partition coefficient (Wildman–Crippen LogP) is 5.74. The molecule has 1 aromatic heterocycles. The monoisotopic (exact) mass is 597 g/mol. The lowest BCUT2D eigenvalue weighted by atomic mass is 10.2. The van der Waals surface area contributed by atoms with Gasteiger partial charge in [0.05, 0.1) is 22.0 Å². The van der Waals surface area contributed by atoms with E-state index in [4.69, 9.17) is 16.3 Å². The number of fused-ring (bicyclic) bond motifs is 1. The van der Waals surface area contributed by atoms with Crippen LogP contribution in [0, 0.1) is 10.1 Å². The molecule has 10 nitrogen and oxygen atoms in total. The van der Waals surface area contributed by atoms with Crippen molar-refractivity contribution >= 4 is 61.9 Å². The molecule has 0 saturated heterocycles. The van der Waals surface area contributed by atoms with Crippen LogP contribution < -0.4 is 15.6 Å². The number of carbonyl (C=O) groups is 1. The fourth-order valence-electron chi connectivity index (χ4n) is 3.53. The second-order valence-electron chi connectivity index (χ2n) is 8.48. The van der Waals surface area contributed by atoms with Gasteiger partial charge in [0, 0.05) is 32.7 Å². The molecule has 0 atom stereocenters. The topological polar surface area (TPSA) is 129 Å². The summed E-state index contributed by atoms with van der Waals surface area (Å²) in [5.74, 6) is -0.252. The molecule has 1 amide bonds. The SMILES string of the molecule is CC(C)c1nc2ccc(Br)cc2c(=O)n1N=Cc1ccc(OCC(=O)Nc2ccc(Cl)cc2)c([N+](=O)[O-])c1. The second-order valence-corrected chi connectivity index (χ2v) is 9.83. The second kappa shape index (κ2) is 11.5. The third kappa shape index (κ3) is 6.24. The van der Waals surface area contributed by atoms with E-state index in [0.29, 0.717) is 33.0 Å². The number of nitro benzene ring substituents is 1. The van der Waals surface area contributed by atoms with E-state index in [2.05, 4.69) is 31.3 Å². The van der Waals surface area contributed by atoms with E-state index in [1.165, 1.54) is 29.1 Å². The fourth-order valence-corrected chi connectivity index (χ4v) is 4.02. The maximum Gasteiger partial charge on any atom is 0.311 e. The van der Waals surface area contributed by atoms with Crippen molar-refractivity contribution in [3.63, 3.8) is 0 Å². The molecule has 4 rings (SSSR count). The first kappa shape index (κ1) is 27.0. The number of nitrogens with zero attached hydrogens (tertiary/aromatic N) is 4. The first-order chi connectivity index (χ1) is 18.1. The van der Waals surface area contributed by atoms with Gasteiger partial charge in [-0.2, -0.15) is 9.78 Å². The van der Waals surface area contributed by atoms with Crippen LogP contribution in [0.15, 0.2) is 75.0 Å². The molecule has 0 aliphatic carbocycles. The molecule has 194 valence electrons. The van der Waals surface area contributed by atoms with Crippen LogP contribution in [-0.4, -0.2) is 33.3 Å². The number of rotatable bonds is 8. The Hall–Kier alpha value is -4.09. The standard InChI is InChI=1S/C26H21BrClN5O5/c1-15(2)25-31-21-9-4-17(27)12-20(21)26(35)32(25)29-13-16-3-10-23(22(11-16)33(36)37)38-14-24(34)30-19-7-5-18(28)6-8-19/h3-13,15H,14H2,1-2H3,(H,30,34). The molecule has 0 bridgehead atoms. The van der Waals surface area contributed by atoms with Crippen molar-refractivity contribution in [1.29, 1.82) is 0 Å². The minimum absolute atomic E-state index is 0.0873. The van der Waals surface area contributed by atoms with Crippen LogP contribution in [0.1, 0.15) is 31.2 Å². The number of aromatic nitrogens is 2. The molecule has 4 aromatic rings. The Morgan fingerprint density at radius 2 is 1.95 bits per heavy atom. The number of nitrogens with one attached hydrogen (secondary N) is 1. The molecule has 0 fully saturated rings. The summed E-state index contributed by atoms with van der Waals surface area (Å²) in [6, 6.07) is 15.9. The molecule has 0 unspecified atom stereocenters. The lowest BCUT2D eigenvalue weighted by Gasteiger charge is -2.12. The highest BCUT2D eigenvalue weighted by molar-refractivity contribution is 9.10. The van der Waals surface area contributed by atoms with Crippen molar-refractivity contribution in [3.8, 4) is 5.75 Å². The molecule has 3 aromatic carbocycles. The minimum Gasteiger partial charge on any atom is -0.477 e. The summed E-state index contributed by atoms with van der Waals surface area (Å²) in [6.07, 6.45) is 1.34. The molecule has 0 radical (unpaired) electrons. The quantitative estimate of drug-likeness (QED) is 0.156. The van der Waals surface area contributed by atoms with Gasteiger partial charge in [0.15, 0.2) is 12.4 Å². The first-order valence-corrected chi connectivity index (χ1v) is 12.5. The Balaban J connectivity index is 1.58. The lowest BCUT2D eigenvalue weighted by Crippen LogP contribution is -2.23. The molecular formula is C26H21BrClN5O5. The number of anilines is 1. The highest BCUT2D eigenvalue weighted by Gasteiger charge is 2.18. The number of benzene rings is 3. The minimum atomic E-state index is -0.620. The number of halogens is 2. The van der Waals surface area contributed by atoms with Gasteiger partial charge in [0.1, 0.15) is 5.82 Å². The average molecular weight is 599 g/mol. The van der Waals surface area contributed by atoms with Gasteiger partial charge in [-0.25, -0.2) is 4.98 Å². The molecule has 12 heteroatoms. The Morgan fingerprint density at radius 1 is 1.21 bits per heavy atom. The van der Waals surface area contributed by atoms with Gasteiger partial charge < -0.3 is 10.1 Å². The van der Waals surface area contributed by atoms with E-state index in [9.17, 15) is 19.7 Å². The van der Waals surface area contributed by atoms with Gasteiger partial charge >= 0.3 is 5.69 Å². The summed E-state index contributed by atoms with van der Waals surface area (Å²) in [5, 5.41) is 19.5. The van der Waals surface area contributed by atoms with Crippen molar-refractivity contribution in [1.82, 2.24) is 9.66 Å². The molecule has 0 saturated carbocycles. The number of carbonyl (C=O) groups excluding carboxylic acids is 1. The van der Waals surface area contributed by atoms with Gasteiger partial charge in [0.25, 0.3) is 11.5 Å². The van der Waals surface area contributed by atoms with E-state index < -0.39 is 17.4 Å². The van der Waals surface area contributed by atoms with Gasteiger partial charge in [-0.3, -0.25) is 19.7 Å². The maximum absolute atomic E-state index is 13.2. The third-order valence-corrected chi connectivity index (χ3v) is 6.08. The average Bonchev–Trinajstić information content (AvgIpc) is 2.88. The van der Waals surface area contributed by atoms with Gasteiger partial charge in [-0.15, -0.1) is 0 Å². The Labute approximate surface area is 230 Å². The van der Waals surface area contributed by atoms with E-state index in [0.717, 1.165) is 4.47 Å². The summed E-state index contributed by atoms with van der Waals surface area (Å²) < 4.78 is 7.33. The van der Waals surface area contributed by atoms with Crippen LogP contribution in [0.25, 0.3) is 10.9 Å². The molecule has 38 heavy (non-hydrogen) atoms. The Morgan fingerprint density at radius 3 is 2.63 bits per heavy atom. The number of hydrogen-bond donors (Lipinski definition) is 1. The zero-order chi connectivity index (χ0) is 27.4. The highest BCUT2D eigenvalue weighted by atomic mass is 79.9. The highest BCUT2D eigenvalue weighted by Crippen LogP contribution is 2.28. The Bertz CT molecular complexity index is 1620. The number of hydrogen-bond acceptors (Lipinski definition) is 7. The molecular weight excluding hydrogens is 578 g/mol. The summed E-state index contributed by atoms with van der Waals surface area (Å²) in [5.41, 5.74) is 0.689. The van der Waals surface area contributed by atoms with Crippen LogP contribution in [0.3, 0.4) is 0 Å². The number of amides is 1. The molecule has 0 aliphatic heterocycles. The third-order valence-electron chi connectivity index (χ3n) is 5.34. The van der Waals surface area contributed by atoms with Crippen molar-refractivity contribution in [3.05, 3.63) is 102 Å².